The molecule has 19 heavy (non-hydrogen) atoms. The molecule has 7 heteroatoms. The number of nitrogen functional groups attached to an aromatic ring is 1. The molecule has 2 N–H and O–H groups in total. The number of anilines is 1. The molecule has 0 unspecified atom stereocenters. The largest absolute Gasteiger partial charge is 0.399 e. The van der Waals surface area contributed by atoms with Gasteiger partial charge in [-0.15, -0.1) is 0 Å². The minimum atomic E-state index is -4.10. The van der Waals surface area contributed by atoms with Crippen molar-refractivity contribution >= 4 is 15.7 Å². The van der Waals surface area contributed by atoms with Gasteiger partial charge in [-0.2, -0.15) is 4.31 Å². The summed E-state index contributed by atoms with van der Waals surface area (Å²) < 4.78 is 52.6. The second-order valence-electron chi connectivity index (χ2n) is 4.31. The summed E-state index contributed by atoms with van der Waals surface area (Å²) in [5.74, 6) is -2.66. The minimum Gasteiger partial charge on any atom is -0.399 e. The lowest BCUT2D eigenvalue weighted by Crippen LogP contribution is -2.36. The van der Waals surface area contributed by atoms with Crippen molar-refractivity contribution in [3.63, 3.8) is 0 Å². The van der Waals surface area contributed by atoms with Gasteiger partial charge in [-0.3, -0.25) is 0 Å². The molecule has 0 radical (unpaired) electrons. The van der Waals surface area contributed by atoms with Gasteiger partial charge >= 0.3 is 0 Å². The van der Waals surface area contributed by atoms with E-state index in [2.05, 4.69) is 0 Å². The molecule has 0 atom stereocenters. The lowest BCUT2D eigenvalue weighted by molar-refractivity contribution is 0.347. The molecule has 1 aromatic rings. The van der Waals surface area contributed by atoms with E-state index in [0.29, 0.717) is 12.8 Å². The zero-order valence-corrected chi connectivity index (χ0v) is 12.0. The molecule has 0 amide bonds. The molecule has 1 rings (SSSR count). The van der Waals surface area contributed by atoms with Gasteiger partial charge in [-0.05, 0) is 25.0 Å². The highest BCUT2D eigenvalue weighted by atomic mass is 32.2. The van der Waals surface area contributed by atoms with Crippen LogP contribution < -0.4 is 5.73 Å². The first kappa shape index (κ1) is 15.8. The Kier molecular flexibility index (Phi) is 4.86. The second kappa shape index (κ2) is 5.83. The summed E-state index contributed by atoms with van der Waals surface area (Å²) >= 11 is 0. The number of hydrogen-bond acceptors (Lipinski definition) is 3. The highest BCUT2D eigenvalue weighted by molar-refractivity contribution is 7.89. The Morgan fingerprint density at radius 1 is 1.26 bits per heavy atom. The molecule has 108 valence electrons. The monoisotopic (exact) mass is 292 g/mol. The van der Waals surface area contributed by atoms with Crippen LogP contribution in [0.15, 0.2) is 17.0 Å². The van der Waals surface area contributed by atoms with E-state index in [1.807, 2.05) is 13.8 Å². The van der Waals surface area contributed by atoms with Gasteiger partial charge in [0, 0.05) is 18.8 Å². The minimum absolute atomic E-state index is 0.129. The normalized spacial score (nSPS) is 12.4. The lowest BCUT2D eigenvalue weighted by Gasteiger charge is -2.25. The van der Waals surface area contributed by atoms with Crippen molar-refractivity contribution < 1.29 is 17.2 Å². The first-order chi connectivity index (χ1) is 8.75. The zero-order valence-electron chi connectivity index (χ0n) is 11.2. The summed E-state index contributed by atoms with van der Waals surface area (Å²) in [6.07, 6.45) is 1.16. The number of nitrogens with zero attached hydrogens (tertiary/aromatic N) is 1. The average molecular weight is 292 g/mol. The molecule has 0 saturated carbocycles. The maximum absolute atomic E-state index is 13.7. The Labute approximate surface area is 112 Å². The van der Waals surface area contributed by atoms with E-state index in [4.69, 9.17) is 5.73 Å². The third-order valence-electron chi connectivity index (χ3n) is 3.13. The third kappa shape index (κ3) is 3.03. The Balaban J connectivity index is 3.35. The van der Waals surface area contributed by atoms with E-state index < -0.39 is 26.6 Å². The van der Waals surface area contributed by atoms with Crippen molar-refractivity contribution in [3.05, 3.63) is 23.8 Å². The molecule has 0 aliphatic rings. The van der Waals surface area contributed by atoms with Crippen LogP contribution in [0.25, 0.3) is 0 Å². The van der Waals surface area contributed by atoms with Crippen molar-refractivity contribution in [2.75, 3.05) is 12.8 Å². The predicted molar refractivity (Wildman–Crippen MR) is 70.1 cm³/mol. The third-order valence-corrected chi connectivity index (χ3v) is 5.04. The summed E-state index contributed by atoms with van der Waals surface area (Å²) in [7, 11) is -2.75. The van der Waals surface area contributed by atoms with Gasteiger partial charge in [0.05, 0.1) is 0 Å². The molecule has 0 spiro atoms. The highest BCUT2D eigenvalue weighted by Gasteiger charge is 2.30. The Bertz CT molecular complexity index is 557. The quantitative estimate of drug-likeness (QED) is 0.847. The van der Waals surface area contributed by atoms with Gasteiger partial charge in [-0.1, -0.05) is 13.8 Å². The highest BCUT2D eigenvalue weighted by Crippen LogP contribution is 2.25. The maximum atomic E-state index is 13.7. The van der Waals surface area contributed by atoms with Gasteiger partial charge < -0.3 is 5.73 Å². The van der Waals surface area contributed by atoms with Crippen molar-refractivity contribution in [2.45, 2.75) is 37.6 Å². The summed E-state index contributed by atoms with van der Waals surface area (Å²) in [6.45, 7) is 3.66. The van der Waals surface area contributed by atoms with Gasteiger partial charge in [0.1, 0.15) is 4.90 Å². The zero-order chi connectivity index (χ0) is 14.8. The van der Waals surface area contributed by atoms with Crippen molar-refractivity contribution in [2.24, 2.45) is 0 Å². The molecular weight excluding hydrogens is 274 g/mol. The van der Waals surface area contributed by atoms with E-state index in [1.165, 1.54) is 7.05 Å². The Hall–Kier alpha value is -1.21. The van der Waals surface area contributed by atoms with Crippen LogP contribution >= 0.6 is 0 Å². The number of benzene rings is 1. The standard InChI is InChI=1S/C12H18F2N2O2S/c1-4-9(5-2)16(3)19(17,18)11-7-8(15)6-10(13)12(11)14/h6-7,9H,4-5,15H2,1-3H3. The first-order valence-electron chi connectivity index (χ1n) is 5.98. The van der Waals surface area contributed by atoms with Crippen LogP contribution in [-0.2, 0) is 10.0 Å². The summed E-state index contributed by atoms with van der Waals surface area (Å²) in [4.78, 5) is -0.723. The second-order valence-corrected chi connectivity index (χ2v) is 6.27. The van der Waals surface area contributed by atoms with Crippen LogP contribution in [0.2, 0.25) is 0 Å². The number of rotatable bonds is 5. The van der Waals surface area contributed by atoms with Crippen LogP contribution in [0, 0.1) is 11.6 Å². The molecule has 0 bridgehead atoms. The number of hydrogen-bond donors (Lipinski definition) is 1. The maximum Gasteiger partial charge on any atom is 0.246 e. The average Bonchev–Trinajstić information content (AvgIpc) is 2.34. The smallest absolute Gasteiger partial charge is 0.246 e. The molecular formula is C12H18F2N2O2S. The molecule has 0 saturated heterocycles. The fraction of sp³-hybridized carbons (Fsp3) is 0.500. The van der Waals surface area contributed by atoms with Crippen molar-refractivity contribution in [3.8, 4) is 0 Å². The van der Waals surface area contributed by atoms with Gasteiger partial charge in [0.25, 0.3) is 0 Å². The molecule has 4 nitrogen and oxygen atoms in total. The number of sulfonamides is 1. The lowest BCUT2D eigenvalue weighted by atomic mass is 10.2. The van der Waals surface area contributed by atoms with E-state index in [0.717, 1.165) is 16.4 Å². The molecule has 0 heterocycles. The topological polar surface area (TPSA) is 63.4 Å². The van der Waals surface area contributed by atoms with Crippen LogP contribution in [0.4, 0.5) is 14.5 Å². The first-order valence-corrected chi connectivity index (χ1v) is 7.42. The Morgan fingerprint density at radius 2 is 1.79 bits per heavy atom. The van der Waals surface area contributed by atoms with Crippen LogP contribution in [0.5, 0.6) is 0 Å². The number of nitrogens with two attached hydrogens (primary N) is 1. The van der Waals surface area contributed by atoms with Gasteiger partial charge in [0.15, 0.2) is 11.6 Å². The molecule has 0 fully saturated rings. The summed E-state index contributed by atoms with van der Waals surface area (Å²) in [5.41, 5.74) is 5.25. The summed E-state index contributed by atoms with van der Waals surface area (Å²) in [6, 6.07) is 1.42. The molecule has 1 aromatic carbocycles. The van der Waals surface area contributed by atoms with E-state index in [-0.39, 0.29) is 11.7 Å². The van der Waals surface area contributed by atoms with E-state index in [9.17, 15) is 17.2 Å². The van der Waals surface area contributed by atoms with Gasteiger partial charge in [0.2, 0.25) is 10.0 Å². The number of halogens is 2. The molecule has 0 aromatic heterocycles. The van der Waals surface area contributed by atoms with Crippen LogP contribution in [0.3, 0.4) is 0 Å². The van der Waals surface area contributed by atoms with Crippen molar-refractivity contribution in [1.82, 2.24) is 4.31 Å². The van der Waals surface area contributed by atoms with Crippen molar-refractivity contribution in [1.29, 1.82) is 0 Å². The fourth-order valence-corrected chi connectivity index (χ4v) is 3.54. The molecule has 0 aliphatic carbocycles. The predicted octanol–water partition coefficient (Wildman–Crippen LogP) is 2.36. The SMILES string of the molecule is CCC(CC)N(C)S(=O)(=O)c1cc(N)cc(F)c1F. The van der Waals surface area contributed by atoms with Crippen LogP contribution in [0.1, 0.15) is 26.7 Å². The summed E-state index contributed by atoms with van der Waals surface area (Å²) in [5, 5.41) is 0. The molecule has 0 aliphatic heterocycles. The van der Waals surface area contributed by atoms with E-state index in [1.54, 1.807) is 0 Å². The Morgan fingerprint density at radius 3 is 2.26 bits per heavy atom. The van der Waals surface area contributed by atoms with Crippen LogP contribution in [-0.4, -0.2) is 25.8 Å². The van der Waals surface area contributed by atoms with Gasteiger partial charge in [-0.25, -0.2) is 17.2 Å². The fourth-order valence-electron chi connectivity index (χ4n) is 1.93. The van der Waals surface area contributed by atoms with E-state index >= 15 is 0 Å².